The second-order valence-electron chi connectivity index (χ2n) is 8.38. The maximum absolute atomic E-state index is 13.5. The molecule has 1 aliphatic rings. The molecule has 0 spiro atoms. The van der Waals surface area contributed by atoms with E-state index >= 15 is 0 Å². The molecule has 0 radical (unpaired) electrons. The Balaban J connectivity index is 0.000000914. The van der Waals surface area contributed by atoms with Crippen LogP contribution in [0.5, 0.6) is 0 Å². The van der Waals surface area contributed by atoms with Crippen LogP contribution >= 0.6 is 0 Å². The largest absolute Gasteiger partial charge is 0.386 e. The molecule has 5 nitrogen and oxygen atoms in total. The van der Waals surface area contributed by atoms with Gasteiger partial charge in [-0.05, 0) is 57.0 Å². The maximum Gasteiger partial charge on any atom is 0.255 e. The fraction of sp³-hybridized carbons (Fsp3) is 0.481. The van der Waals surface area contributed by atoms with Crippen molar-refractivity contribution in [2.75, 3.05) is 5.32 Å². The summed E-state index contributed by atoms with van der Waals surface area (Å²) in [4.78, 5) is 12.7. The molecule has 0 bridgehead atoms. The van der Waals surface area contributed by atoms with Crippen molar-refractivity contribution < 1.29 is 14.3 Å². The van der Waals surface area contributed by atoms with Crippen molar-refractivity contribution in [2.45, 2.75) is 85.3 Å². The van der Waals surface area contributed by atoms with Gasteiger partial charge in [0.05, 0.1) is 17.2 Å². The van der Waals surface area contributed by atoms with Gasteiger partial charge in [-0.15, -0.1) is 0 Å². The number of carbonyl (C=O) groups excluding carboxylic acids is 1. The highest BCUT2D eigenvalue weighted by atomic mass is 19.1. The van der Waals surface area contributed by atoms with Gasteiger partial charge in [-0.1, -0.05) is 53.0 Å². The van der Waals surface area contributed by atoms with Crippen LogP contribution in [0.1, 0.15) is 95.6 Å². The fourth-order valence-electron chi connectivity index (χ4n) is 4.06. The van der Waals surface area contributed by atoms with Gasteiger partial charge in [-0.2, -0.15) is 5.10 Å². The number of nitrogens with one attached hydrogen (secondary N) is 1. The Labute approximate surface area is 197 Å². The molecular formula is C27H38FN3O2. The minimum atomic E-state index is -1.17. The van der Waals surface area contributed by atoms with Gasteiger partial charge < -0.3 is 10.4 Å². The van der Waals surface area contributed by atoms with Crippen LogP contribution in [-0.2, 0) is 5.60 Å². The van der Waals surface area contributed by atoms with Crippen molar-refractivity contribution in [3.05, 3.63) is 59.5 Å². The lowest BCUT2D eigenvalue weighted by Crippen LogP contribution is -2.21. The number of fused-ring (bicyclic) bond motifs is 1. The number of nitrogens with zero attached hydrogens (tertiary/aromatic N) is 2. The number of hydrogen-bond acceptors (Lipinski definition) is 3. The summed E-state index contributed by atoms with van der Waals surface area (Å²) < 4.78 is 15.5. The average Bonchev–Trinajstić information content (AvgIpc) is 3.24. The van der Waals surface area contributed by atoms with Gasteiger partial charge in [0.1, 0.15) is 5.82 Å². The van der Waals surface area contributed by atoms with Gasteiger partial charge in [0.15, 0.2) is 0 Å². The summed E-state index contributed by atoms with van der Waals surface area (Å²) in [6.45, 7) is 11.3. The van der Waals surface area contributed by atoms with E-state index in [-0.39, 0.29) is 5.56 Å². The van der Waals surface area contributed by atoms with Crippen LogP contribution < -0.4 is 5.32 Å². The van der Waals surface area contributed by atoms with Crippen LogP contribution in [0, 0.1) is 5.82 Å². The minimum absolute atomic E-state index is 0.227. The van der Waals surface area contributed by atoms with Gasteiger partial charge >= 0.3 is 0 Å². The molecule has 1 aliphatic carbocycles. The lowest BCUT2D eigenvalue weighted by molar-refractivity contribution is 0.0794. The molecule has 0 unspecified atom stereocenters. The number of aliphatic hydroxyl groups is 1. The zero-order chi connectivity index (χ0) is 24.6. The second-order valence-corrected chi connectivity index (χ2v) is 8.38. The highest BCUT2D eigenvalue weighted by Crippen LogP contribution is 2.34. The number of halogens is 1. The number of carbonyl (C=O) groups is 1. The standard InChI is InChI=1S/C23H26FN3O2.2C2H6/c1-23(2,29)19-13-20-16(14-27(26-20)18-9-4-3-5-10-18)12-21(19)25-22(28)15-7-6-8-17(24)11-15;2*1-2/h6-8,11-14,18,29H,3-5,9-10H2,1-2H3,(H,25,28);2*1-2H3. The number of anilines is 1. The Morgan fingerprint density at radius 2 is 1.76 bits per heavy atom. The lowest BCUT2D eigenvalue weighted by atomic mass is 9.95. The number of rotatable bonds is 4. The summed E-state index contributed by atoms with van der Waals surface area (Å²) in [6, 6.07) is 9.61. The maximum atomic E-state index is 13.5. The zero-order valence-electron chi connectivity index (χ0n) is 20.8. The molecule has 0 atom stereocenters. The van der Waals surface area contributed by atoms with Gasteiger partial charge in [-0.3, -0.25) is 9.48 Å². The molecule has 1 aromatic heterocycles. The number of hydrogen-bond donors (Lipinski definition) is 2. The smallest absolute Gasteiger partial charge is 0.255 e. The summed E-state index contributed by atoms with van der Waals surface area (Å²) in [5.41, 5.74) is 0.917. The lowest BCUT2D eigenvalue weighted by Gasteiger charge is -2.22. The van der Waals surface area contributed by atoms with E-state index in [4.69, 9.17) is 5.10 Å². The number of amides is 1. The molecule has 1 heterocycles. The van der Waals surface area contributed by atoms with Crippen LogP contribution in [0.25, 0.3) is 10.9 Å². The highest BCUT2D eigenvalue weighted by Gasteiger charge is 2.24. The Bertz CT molecular complexity index is 1050. The number of benzene rings is 2. The Morgan fingerprint density at radius 3 is 2.36 bits per heavy atom. The predicted molar refractivity (Wildman–Crippen MR) is 134 cm³/mol. The van der Waals surface area contributed by atoms with E-state index in [9.17, 15) is 14.3 Å². The third kappa shape index (κ3) is 6.64. The first-order chi connectivity index (χ1) is 15.8. The van der Waals surface area contributed by atoms with E-state index in [0.717, 1.165) is 23.7 Å². The Hall–Kier alpha value is -2.73. The first-order valence-corrected chi connectivity index (χ1v) is 12.1. The van der Waals surface area contributed by atoms with Crippen molar-refractivity contribution in [3.8, 4) is 0 Å². The molecule has 0 saturated heterocycles. The summed E-state index contributed by atoms with van der Waals surface area (Å²) in [5.74, 6) is -0.890. The summed E-state index contributed by atoms with van der Waals surface area (Å²) in [6.07, 6.45) is 7.95. The molecule has 4 rings (SSSR count). The first-order valence-electron chi connectivity index (χ1n) is 12.1. The average molecular weight is 456 g/mol. The molecule has 6 heteroatoms. The van der Waals surface area contributed by atoms with E-state index in [1.54, 1.807) is 19.9 Å². The second kappa shape index (κ2) is 11.9. The SMILES string of the molecule is CC.CC.CC(C)(O)c1cc2nn(C3CCCCC3)cc2cc1NC(=O)c1cccc(F)c1. The molecule has 2 N–H and O–H groups in total. The molecule has 2 aromatic carbocycles. The van der Waals surface area contributed by atoms with E-state index in [1.807, 2.05) is 50.7 Å². The van der Waals surface area contributed by atoms with E-state index in [0.29, 0.717) is 17.3 Å². The van der Waals surface area contributed by atoms with Crippen LogP contribution in [0.4, 0.5) is 10.1 Å². The quantitative estimate of drug-likeness (QED) is 0.437. The molecule has 33 heavy (non-hydrogen) atoms. The zero-order valence-corrected chi connectivity index (χ0v) is 20.8. The topological polar surface area (TPSA) is 67.2 Å². The molecule has 1 amide bonds. The van der Waals surface area contributed by atoms with Crippen LogP contribution in [0.2, 0.25) is 0 Å². The molecule has 1 saturated carbocycles. The van der Waals surface area contributed by atoms with Crippen molar-refractivity contribution in [1.82, 2.24) is 9.78 Å². The summed E-state index contributed by atoms with van der Waals surface area (Å²) in [7, 11) is 0. The molecule has 180 valence electrons. The highest BCUT2D eigenvalue weighted by molar-refractivity contribution is 6.05. The van der Waals surface area contributed by atoms with E-state index < -0.39 is 17.3 Å². The Kier molecular flexibility index (Phi) is 9.59. The fourth-order valence-corrected chi connectivity index (χ4v) is 4.06. The molecule has 3 aromatic rings. The number of aromatic nitrogens is 2. The Morgan fingerprint density at radius 1 is 1.09 bits per heavy atom. The third-order valence-electron chi connectivity index (χ3n) is 5.60. The normalized spacial score (nSPS) is 14.1. The predicted octanol–water partition coefficient (Wildman–Crippen LogP) is 7.21. The van der Waals surface area contributed by atoms with E-state index in [1.165, 1.54) is 37.5 Å². The van der Waals surface area contributed by atoms with Crippen molar-refractivity contribution in [1.29, 1.82) is 0 Å². The van der Waals surface area contributed by atoms with Gasteiger partial charge in [0, 0.05) is 28.4 Å². The van der Waals surface area contributed by atoms with Crippen molar-refractivity contribution in [3.63, 3.8) is 0 Å². The van der Waals surface area contributed by atoms with Gasteiger partial charge in [-0.25, -0.2) is 4.39 Å². The molecular weight excluding hydrogens is 417 g/mol. The van der Waals surface area contributed by atoms with Crippen LogP contribution in [-0.4, -0.2) is 20.8 Å². The third-order valence-corrected chi connectivity index (χ3v) is 5.60. The monoisotopic (exact) mass is 455 g/mol. The van der Waals surface area contributed by atoms with Crippen LogP contribution in [0.15, 0.2) is 42.6 Å². The first kappa shape index (κ1) is 26.5. The van der Waals surface area contributed by atoms with Gasteiger partial charge in [0.2, 0.25) is 0 Å². The van der Waals surface area contributed by atoms with Crippen LogP contribution in [0.3, 0.4) is 0 Å². The molecule has 1 fully saturated rings. The van der Waals surface area contributed by atoms with Crippen molar-refractivity contribution in [2.24, 2.45) is 0 Å². The summed E-state index contributed by atoms with van der Waals surface area (Å²) in [5, 5.41) is 19.2. The minimum Gasteiger partial charge on any atom is -0.386 e. The van der Waals surface area contributed by atoms with Crippen molar-refractivity contribution >= 4 is 22.5 Å². The summed E-state index contributed by atoms with van der Waals surface area (Å²) >= 11 is 0. The molecule has 0 aliphatic heterocycles. The van der Waals surface area contributed by atoms with E-state index in [2.05, 4.69) is 5.32 Å². The van der Waals surface area contributed by atoms with Gasteiger partial charge in [0.25, 0.3) is 5.91 Å².